The first-order valence-electron chi connectivity index (χ1n) is 6.24. The van der Waals surface area contributed by atoms with E-state index in [-0.39, 0.29) is 5.92 Å². The van der Waals surface area contributed by atoms with Gasteiger partial charge in [-0.25, -0.2) is 0 Å². The third-order valence-corrected chi connectivity index (χ3v) is 5.08. The average Bonchev–Trinajstić information content (AvgIpc) is 2.30. The van der Waals surface area contributed by atoms with Crippen LogP contribution in [0.3, 0.4) is 0 Å². The number of hydrogen-bond acceptors (Lipinski definition) is 3. The highest BCUT2D eigenvalue weighted by Crippen LogP contribution is 2.29. The molecular formula is C12H21NO2S. The number of carboxylic acid groups (broad SMARTS) is 1. The highest BCUT2D eigenvalue weighted by Gasteiger charge is 2.33. The van der Waals surface area contributed by atoms with Crippen LogP contribution < -0.4 is 0 Å². The molecule has 0 spiro atoms. The summed E-state index contributed by atoms with van der Waals surface area (Å²) < 4.78 is 0. The van der Waals surface area contributed by atoms with Crippen molar-refractivity contribution >= 4 is 17.7 Å². The molecule has 0 radical (unpaired) electrons. The third kappa shape index (κ3) is 2.72. The SMILES string of the molecule is CC1CC(C(=O)O)CCN1C1CCCSC1. The largest absolute Gasteiger partial charge is 0.481 e. The van der Waals surface area contributed by atoms with Gasteiger partial charge in [-0.15, -0.1) is 0 Å². The molecule has 2 aliphatic rings. The molecule has 2 heterocycles. The Morgan fingerprint density at radius 1 is 1.44 bits per heavy atom. The van der Waals surface area contributed by atoms with Crippen LogP contribution in [0.1, 0.15) is 32.6 Å². The van der Waals surface area contributed by atoms with Crippen LogP contribution in [0, 0.1) is 5.92 Å². The lowest BCUT2D eigenvalue weighted by molar-refractivity contribution is -0.144. The molecule has 0 bridgehead atoms. The van der Waals surface area contributed by atoms with Gasteiger partial charge in [-0.1, -0.05) is 0 Å². The van der Waals surface area contributed by atoms with Gasteiger partial charge < -0.3 is 5.11 Å². The van der Waals surface area contributed by atoms with Crippen molar-refractivity contribution in [2.75, 3.05) is 18.1 Å². The van der Waals surface area contributed by atoms with Crippen molar-refractivity contribution in [1.82, 2.24) is 4.90 Å². The maximum Gasteiger partial charge on any atom is 0.306 e. The molecule has 1 N–H and O–H groups in total. The van der Waals surface area contributed by atoms with Gasteiger partial charge >= 0.3 is 5.97 Å². The number of carboxylic acids is 1. The third-order valence-electron chi connectivity index (χ3n) is 3.88. The summed E-state index contributed by atoms with van der Waals surface area (Å²) in [6.45, 7) is 3.16. The van der Waals surface area contributed by atoms with E-state index in [2.05, 4.69) is 11.8 Å². The maximum absolute atomic E-state index is 11.0. The predicted molar refractivity (Wildman–Crippen MR) is 66.9 cm³/mol. The first-order chi connectivity index (χ1) is 7.68. The summed E-state index contributed by atoms with van der Waals surface area (Å²) >= 11 is 2.05. The van der Waals surface area contributed by atoms with Gasteiger partial charge in [-0.05, 0) is 44.9 Å². The van der Waals surface area contributed by atoms with Crippen molar-refractivity contribution in [2.24, 2.45) is 5.92 Å². The summed E-state index contributed by atoms with van der Waals surface area (Å²) in [6, 6.07) is 1.14. The number of piperidine rings is 1. The molecule has 3 atom stereocenters. The topological polar surface area (TPSA) is 40.5 Å². The van der Waals surface area contributed by atoms with Crippen LogP contribution in [-0.4, -0.2) is 46.1 Å². The molecule has 0 aromatic rings. The van der Waals surface area contributed by atoms with Crippen LogP contribution in [0.2, 0.25) is 0 Å². The molecule has 0 amide bonds. The van der Waals surface area contributed by atoms with Crippen molar-refractivity contribution in [3.8, 4) is 0 Å². The lowest BCUT2D eigenvalue weighted by atomic mass is 9.90. The van der Waals surface area contributed by atoms with E-state index in [1.54, 1.807) is 0 Å². The quantitative estimate of drug-likeness (QED) is 0.806. The summed E-state index contributed by atoms with van der Waals surface area (Å²) in [5.41, 5.74) is 0. The normalized spacial score (nSPS) is 37.2. The highest BCUT2D eigenvalue weighted by atomic mass is 32.2. The Kier molecular flexibility index (Phi) is 4.14. The van der Waals surface area contributed by atoms with E-state index in [0.29, 0.717) is 12.1 Å². The van der Waals surface area contributed by atoms with Crippen LogP contribution in [0.15, 0.2) is 0 Å². The van der Waals surface area contributed by atoms with Crippen LogP contribution in [0.4, 0.5) is 0 Å². The maximum atomic E-state index is 11.0. The Hall–Kier alpha value is -0.220. The van der Waals surface area contributed by atoms with Gasteiger partial charge in [-0.2, -0.15) is 11.8 Å². The first-order valence-corrected chi connectivity index (χ1v) is 7.40. The minimum atomic E-state index is -0.607. The fourth-order valence-electron chi connectivity index (χ4n) is 2.94. The van der Waals surface area contributed by atoms with E-state index in [1.165, 1.54) is 24.3 Å². The predicted octanol–water partition coefficient (Wildman–Crippen LogP) is 2.07. The lowest BCUT2D eigenvalue weighted by Crippen LogP contribution is -2.49. The molecule has 2 rings (SSSR count). The van der Waals surface area contributed by atoms with Crippen LogP contribution in [-0.2, 0) is 4.79 Å². The van der Waals surface area contributed by atoms with Crippen LogP contribution in [0.25, 0.3) is 0 Å². The Morgan fingerprint density at radius 2 is 2.25 bits per heavy atom. The molecule has 2 aliphatic heterocycles. The van der Waals surface area contributed by atoms with Gasteiger partial charge in [0.25, 0.3) is 0 Å². The molecular weight excluding hydrogens is 222 g/mol. The number of nitrogens with zero attached hydrogens (tertiary/aromatic N) is 1. The second-order valence-electron chi connectivity index (χ2n) is 5.02. The van der Waals surface area contributed by atoms with Crippen molar-refractivity contribution in [2.45, 2.75) is 44.7 Å². The zero-order valence-corrected chi connectivity index (χ0v) is 10.7. The van der Waals surface area contributed by atoms with E-state index in [0.717, 1.165) is 19.4 Å². The molecule has 3 unspecified atom stereocenters. The standard InChI is InChI=1S/C12H21NO2S/c1-9-7-10(12(14)15)4-5-13(9)11-3-2-6-16-8-11/h9-11H,2-8H2,1H3,(H,14,15). The Labute approximate surface area is 102 Å². The summed E-state index contributed by atoms with van der Waals surface area (Å²) in [4.78, 5) is 13.5. The van der Waals surface area contributed by atoms with Gasteiger partial charge in [0.05, 0.1) is 5.92 Å². The van der Waals surface area contributed by atoms with E-state index in [1.807, 2.05) is 11.8 Å². The van der Waals surface area contributed by atoms with Crippen molar-refractivity contribution in [3.05, 3.63) is 0 Å². The zero-order valence-electron chi connectivity index (χ0n) is 9.89. The fraction of sp³-hybridized carbons (Fsp3) is 0.917. The van der Waals surface area contributed by atoms with E-state index >= 15 is 0 Å². The molecule has 4 heteroatoms. The number of carbonyl (C=O) groups is 1. The molecule has 0 aromatic heterocycles. The minimum absolute atomic E-state index is 0.109. The van der Waals surface area contributed by atoms with E-state index in [9.17, 15) is 4.79 Å². The van der Waals surface area contributed by atoms with Crippen LogP contribution >= 0.6 is 11.8 Å². The Bertz CT molecular complexity index is 253. The summed E-state index contributed by atoms with van der Waals surface area (Å²) in [6.07, 6.45) is 4.29. The smallest absolute Gasteiger partial charge is 0.306 e. The molecule has 0 aromatic carbocycles. The highest BCUT2D eigenvalue weighted by molar-refractivity contribution is 7.99. The van der Waals surface area contributed by atoms with Gasteiger partial charge in [0.15, 0.2) is 0 Å². The number of hydrogen-bond donors (Lipinski definition) is 1. The lowest BCUT2D eigenvalue weighted by Gasteiger charge is -2.42. The summed E-state index contributed by atoms with van der Waals surface area (Å²) in [7, 11) is 0. The molecule has 2 saturated heterocycles. The summed E-state index contributed by atoms with van der Waals surface area (Å²) in [5, 5.41) is 9.03. The van der Waals surface area contributed by atoms with Crippen molar-refractivity contribution in [1.29, 1.82) is 0 Å². The van der Waals surface area contributed by atoms with Gasteiger partial charge in [-0.3, -0.25) is 9.69 Å². The van der Waals surface area contributed by atoms with E-state index in [4.69, 9.17) is 5.11 Å². The molecule has 0 aliphatic carbocycles. The van der Waals surface area contributed by atoms with Crippen molar-refractivity contribution in [3.63, 3.8) is 0 Å². The van der Waals surface area contributed by atoms with Crippen molar-refractivity contribution < 1.29 is 9.90 Å². The molecule has 0 saturated carbocycles. The second-order valence-corrected chi connectivity index (χ2v) is 6.17. The first kappa shape index (κ1) is 12.2. The number of thioether (sulfide) groups is 1. The molecule has 3 nitrogen and oxygen atoms in total. The van der Waals surface area contributed by atoms with E-state index < -0.39 is 5.97 Å². The van der Waals surface area contributed by atoms with Crippen LogP contribution in [0.5, 0.6) is 0 Å². The monoisotopic (exact) mass is 243 g/mol. The van der Waals surface area contributed by atoms with Gasteiger partial charge in [0, 0.05) is 17.8 Å². The summed E-state index contributed by atoms with van der Waals surface area (Å²) in [5.74, 6) is 1.82. The average molecular weight is 243 g/mol. The zero-order chi connectivity index (χ0) is 11.5. The Morgan fingerprint density at radius 3 is 2.81 bits per heavy atom. The molecule has 92 valence electrons. The second kappa shape index (κ2) is 5.41. The van der Waals surface area contributed by atoms with Gasteiger partial charge in [0.1, 0.15) is 0 Å². The Balaban J connectivity index is 1.90. The number of rotatable bonds is 2. The minimum Gasteiger partial charge on any atom is -0.481 e. The number of likely N-dealkylation sites (tertiary alicyclic amines) is 1. The molecule has 2 fully saturated rings. The molecule has 16 heavy (non-hydrogen) atoms. The fourth-order valence-corrected chi connectivity index (χ4v) is 4.11. The van der Waals surface area contributed by atoms with Gasteiger partial charge in [0.2, 0.25) is 0 Å². The number of aliphatic carboxylic acids is 1.